The van der Waals surface area contributed by atoms with Crippen LogP contribution in [0.2, 0.25) is 5.02 Å². The number of carbonyl (C=O) groups is 1. The van der Waals surface area contributed by atoms with E-state index in [1.165, 1.54) is 0 Å². The molecule has 0 radical (unpaired) electrons. The van der Waals surface area contributed by atoms with Gasteiger partial charge in [0.05, 0.1) is 17.3 Å². The molecule has 0 aromatic heterocycles. The molecular weight excluding hydrogens is 260 g/mol. The van der Waals surface area contributed by atoms with E-state index in [1.807, 2.05) is 12.1 Å². The molecule has 0 aliphatic carbocycles. The van der Waals surface area contributed by atoms with E-state index in [0.717, 1.165) is 6.54 Å². The summed E-state index contributed by atoms with van der Waals surface area (Å²) in [5.74, 6) is 0.485. The third kappa shape index (κ3) is 5.21. The maximum Gasteiger partial charge on any atom is 0.238 e. The van der Waals surface area contributed by atoms with Gasteiger partial charge in [0.1, 0.15) is 0 Å². The molecule has 0 unspecified atom stereocenters. The Morgan fingerprint density at radius 1 is 1.32 bits per heavy atom. The summed E-state index contributed by atoms with van der Waals surface area (Å²) in [4.78, 5) is 11.8. The van der Waals surface area contributed by atoms with Gasteiger partial charge >= 0.3 is 0 Å². The number of rotatable bonds is 6. The first kappa shape index (κ1) is 16.0. The first-order chi connectivity index (χ1) is 8.83. The molecule has 0 bridgehead atoms. The van der Waals surface area contributed by atoms with Crippen molar-refractivity contribution < 1.29 is 4.79 Å². The van der Waals surface area contributed by atoms with Crippen LogP contribution < -0.4 is 10.6 Å². The molecule has 2 N–H and O–H groups in total. The minimum Gasteiger partial charge on any atom is -0.324 e. The third-order valence-corrected chi connectivity index (χ3v) is 3.91. The van der Waals surface area contributed by atoms with Gasteiger partial charge in [-0.15, -0.1) is 0 Å². The van der Waals surface area contributed by atoms with Gasteiger partial charge in [0.2, 0.25) is 5.91 Å². The minimum atomic E-state index is -0.0762. The van der Waals surface area contributed by atoms with Crippen LogP contribution in [0.4, 0.5) is 5.69 Å². The summed E-state index contributed by atoms with van der Waals surface area (Å²) in [6.45, 7) is 9.85. The highest BCUT2D eigenvalue weighted by molar-refractivity contribution is 6.33. The van der Waals surface area contributed by atoms with E-state index in [9.17, 15) is 4.79 Å². The van der Waals surface area contributed by atoms with Crippen LogP contribution in [0.1, 0.15) is 27.7 Å². The number of nitrogens with one attached hydrogen (secondary N) is 2. The molecule has 0 atom stereocenters. The molecule has 0 aliphatic heterocycles. The number of benzene rings is 1. The Kier molecular flexibility index (Phi) is 5.83. The van der Waals surface area contributed by atoms with Gasteiger partial charge in [-0.05, 0) is 23.5 Å². The molecule has 1 rings (SSSR count). The van der Waals surface area contributed by atoms with Crippen LogP contribution >= 0.6 is 11.6 Å². The summed E-state index contributed by atoms with van der Waals surface area (Å²) >= 11 is 5.98. The smallest absolute Gasteiger partial charge is 0.238 e. The van der Waals surface area contributed by atoms with Crippen LogP contribution in [0.3, 0.4) is 0 Å². The second-order valence-electron chi connectivity index (χ2n) is 5.77. The van der Waals surface area contributed by atoms with Crippen LogP contribution in [0.15, 0.2) is 24.3 Å². The van der Waals surface area contributed by atoms with E-state index >= 15 is 0 Å². The SMILES string of the molecule is CC(C)C(C)(C)CNCC(=O)Nc1ccccc1Cl. The Labute approximate surface area is 120 Å². The van der Waals surface area contributed by atoms with Crippen LogP contribution in [0.5, 0.6) is 0 Å². The number of hydrogen-bond donors (Lipinski definition) is 2. The lowest BCUT2D eigenvalue weighted by Gasteiger charge is -2.29. The number of para-hydroxylation sites is 1. The van der Waals surface area contributed by atoms with Gasteiger partial charge in [0.25, 0.3) is 0 Å². The average Bonchev–Trinajstić information content (AvgIpc) is 2.31. The Hall–Kier alpha value is -1.06. The number of hydrogen-bond acceptors (Lipinski definition) is 2. The van der Waals surface area contributed by atoms with Crippen LogP contribution in [0, 0.1) is 11.3 Å². The van der Waals surface area contributed by atoms with Crippen LogP contribution in [0.25, 0.3) is 0 Å². The van der Waals surface area contributed by atoms with Crippen molar-refractivity contribution in [3.63, 3.8) is 0 Å². The van der Waals surface area contributed by atoms with E-state index < -0.39 is 0 Å². The van der Waals surface area contributed by atoms with Crippen LogP contribution in [-0.4, -0.2) is 19.0 Å². The zero-order valence-electron chi connectivity index (χ0n) is 12.1. The van der Waals surface area contributed by atoms with Gasteiger partial charge in [-0.1, -0.05) is 51.4 Å². The molecule has 0 saturated heterocycles. The van der Waals surface area contributed by atoms with Crippen molar-refractivity contribution in [1.29, 1.82) is 0 Å². The van der Waals surface area contributed by atoms with E-state index in [2.05, 4.69) is 38.3 Å². The highest BCUT2D eigenvalue weighted by atomic mass is 35.5. The van der Waals surface area contributed by atoms with Gasteiger partial charge in [0, 0.05) is 6.54 Å². The number of amides is 1. The van der Waals surface area contributed by atoms with E-state index in [1.54, 1.807) is 12.1 Å². The fourth-order valence-corrected chi connectivity index (χ4v) is 1.64. The molecular formula is C15H23ClN2O. The van der Waals surface area contributed by atoms with Crippen molar-refractivity contribution in [1.82, 2.24) is 5.32 Å². The van der Waals surface area contributed by atoms with Crippen molar-refractivity contribution >= 4 is 23.2 Å². The van der Waals surface area contributed by atoms with Crippen molar-refractivity contribution in [3.8, 4) is 0 Å². The lowest BCUT2D eigenvalue weighted by atomic mass is 9.81. The Bertz CT molecular complexity index is 430. The Balaban J connectivity index is 2.39. The van der Waals surface area contributed by atoms with Gasteiger partial charge in [-0.3, -0.25) is 4.79 Å². The van der Waals surface area contributed by atoms with Gasteiger partial charge in [0.15, 0.2) is 0 Å². The van der Waals surface area contributed by atoms with E-state index in [-0.39, 0.29) is 11.3 Å². The predicted molar refractivity (Wildman–Crippen MR) is 81.6 cm³/mol. The van der Waals surface area contributed by atoms with E-state index in [4.69, 9.17) is 11.6 Å². The molecule has 106 valence electrons. The molecule has 1 aromatic rings. The molecule has 0 spiro atoms. The van der Waals surface area contributed by atoms with Crippen LogP contribution in [-0.2, 0) is 4.79 Å². The lowest BCUT2D eigenvalue weighted by molar-refractivity contribution is -0.115. The maximum absolute atomic E-state index is 11.8. The first-order valence-electron chi connectivity index (χ1n) is 6.58. The fraction of sp³-hybridized carbons (Fsp3) is 0.533. The summed E-state index contributed by atoms with van der Waals surface area (Å²) < 4.78 is 0. The summed E-state index contributed by atoms with van der Waals surface area (Å²) in [5.41, 5.74) is 0.823. The maximum atomic E-state index is 11.8. The summed E-state index contributed by atoms with van der Waals surface area (Å²) in [6.07, 6.45) is 0. The molecule has 0 fully saturated rings. The summed E-state index contributed by atoms with van der Waals surface area (Å²) in [6, 6.07) is 7.23. The zero-order chi connectivity index (χ0) is 14.5. The van der Waals surface area contributed by atoms with Gasteiger partial charge in [-0.25, -0.2) is 0 Å². The van der Waals surface area contributed by atoms with Crippen molar-refractivity contribution in [2.24, 2.45) is 11.3 Å². The van der Waals surface area contributed by atoms with Gasteiger partial charge in [-0.2, -0.15) is 0 Å². The standard InChI is InChI=1S/C15H23ClN2O/c1-11(2)15(3,4)10-17-9-14(19)18-13-8-6-5-7-12(13)16/h5-8,11,17H,9-10H2,1-4H3,(H,18,19). The monoisotopic (exact) mass is 282 g/mol. The second kappa shape index (κ2) is 6.92. The summed E-state index contributed by atoms with van der Waals surface area (Å²) in [7, 11) is 0. The molecule has 0 heterocycles. The predicted octanol–water partition coefficient (Wildman–Crippen LogP) is 3.55. The molecule has 1 aromatic carbocycles. The minimum absolute atomic E-state index is 0.0762. The molecule has 19 heavy (non-hydrogen) atoms. The highest BCUT2D eigenvalue weighted by Crippen LogP contribution is 2.24. The first-order valence-corrected chi connectivity index (χ1v) is 6.96. The normalized spacial score (nSPS) is 11.7. The fourth-order valence-electron chi connectivity index (χ4n) is 1.46. The third-order valence-electron chi connectivity index (χ3n) is 3.58. The number of carbonyl (C=O) groups excluding carboxylic acids is 1. The number of halogens is 1. The Morgan fingerprint density at radius 2 is 1.95 bits per heavy atom. The topological polar surface area (TPSA) is 41.1 Å². The molecule has 0 aliphatic rings. The van der Waals surface area contributed by atoms with Crippen molar-refractivity contribution in [2.75, 3.05) is 18.4 Å². The average molecular weight is 283 g/mol. The van der Waals surface area contributed by atoms with Gasteiger partial charge < -0.3 is 10.6 Å². The molecule has 3 nitrogen and oxygen atoms in total. The van der Waals surface area contributed by atoms with Crippen molar-refractivity contribution in [3.05, 3.63) is 29.3 Å². The number of anilines is 1. The molecule has 0 saturated carbocycles. The van der Waals surface area contributed by atoms with Crippen molar-refractivity contribution in [2.45, 2.75) is 27.7 Å². The van der Waals surface area contributed by atoms with E-state index in [0.29, 0.717) is 23.2 Å². The largest absolute Gasteiger partial charge is 0.324 e. The quantitative estimate of drug-likeness (QED) is 0.838. The summed E-state index contributed by atoms with van der Waals surface area (Å²) in [5, 5.41) is 6.54. The second-order valence-corrected chi connectivity index (χ2v) is 6.18. The lowest BCUT2D eigenvalue weighted by Crippen LogP contribution is -2.37. The Morgan fingerprint density at radius 3 is 2.53 bits per heavy atom. The zero-order valence-corrected chi connectivity index (χ0v) is 12.8. The molecule has 1 amide bonds. The molecule has 4 heteroatoms. The highest BCUT2D eigenvalue weighted by Gasteiger charge is 2.21.